The molecule has 0 saturated carbocycles. The molecule has 76 valence electrons. The van der Waals surface area contributed by atoms with Gasteiger partial charge in [-0.15, -0.1) is 0 Å². The van der Waals surface area contributed by atoms with E-state index in [2.05, 4.69) is 5.32 Å². The average Bonchev–Trinajstić information content (AvgIpc) is 2.07. The first-order valence-electron chi connectivity index (χ1n) is 4.21. The molecule has 1 aromatic rings. The summed E-state index contributed by atoms with van der Waals surface area (Å²) in [7, 11) is 0. The Morgan fingerprint density at radius 2 is 2.14 bits per heavy atom. The molecule has 0 aliphatic heterocycles. The van der Waals surface area contributed by atoms with Gasteiger partial charge in [-0.3, -0.25) is 10.1 Å². The number of nitro benzene ring substituents is 1. The van der Waals surface area contributed by atoms with Gasteiger partial charge in [0.15, 0.2) is 0 Å². The zero-order valence-electron chi connectivity index (χ0n) is 7.95. The van der Waals surface area contributed by atoms with Crippen molar-refractivity contribution < 1.29 is 9.31 Å². The van der Waals surface area contributed by atoms with Crippen LogP contribution in [-0.4, -0.2) is 11.0 Å². The Morgan fingerprint density at radius 1 is 1.50 bits per heavy atom. The van der Waals surface area contributed by atoms with E-state index in [0.717, 1.165) is 12.1 Å². The molecule has 0 spiro atoms. The second-order valence-corrected chi connectivity index (χ2v) is 3.22. The smallest absolute Gasteiger partial charge is 0.271 e. The lowest BCUT2D eigenvalue weighted by atomic mass is 10.2. The molecule has 0 saturated heterocycles. The van der Waals surface area contributed by atoms with Crippen molar-refractivity contribution in [3.05, 3.63) is 34.1 Å². The lowest BCUT2D eigenvalue weighted by Crippen LogP contribution is -2.11. The van der Waals surface area contributed by atoms with E-state index in [1.54, 1.807) is 0 Å². The lowest BCUT2D eigenvalue weighted by Gasteiger charge is -2.10. The molecule has 0 atom stereocenters. The third kappa shape index (κ3) is 2.42. The first kappa shape index (κ1) is 10.4. The van der Waals surface area contributed by atoms with Crippen LogP contribution in [0.15, 0.2) is 18.2 Å². The minimum absolute atomic E-state index is 0.0338. The van der Waals surface area contributed by atoms with E-state index in [1.165, 1.54) is 6.07 Å². The van der Waals surface area contributed by atoms with E-state index in [-0.39, 0.29) is 17.4 Å². The van der Waals surface area contributed by atoms with Crippen molar-refractivity contribution in [1.29, 1.82) is 0 Å². The van der Waals surface area contributed by atoms with Gasteiger partial charge in [0.2, 0.25) is 0 Å². The van der Waals surface area contributed by atoms with E-state index in [9.17, 15) is 14.5 Å². The van der Waals surface area contributed by atoms with Crippen LogP contribution in [0.3, 0.4) is 0 Å². The molecule has 0 bridgehead atoms. The Balaban J connectivity index is 3.02. The van der Waals surface area contributed by atoms with Gasteiger partial charge in [0, 0.05) is 18.2 Å². The molecule has 14 heavy (non-hydrogen) atoms. The molecule has 0 unspecified atom stereocenters. The molecule has 0 aromatic heterocycles. The fraction of sp³-hybridized carbons (Fsp3) is 0.333. The highest BCUT2D eigenvalue weighted by molar-refractivity contribution is 5.52. The lowest BCUT2D eigenvalue weighted by molar-refractivity contribution is -0.384. The number of halogens is 1. The molecular weight excluding hydrogens is 187 g/mol. The zero-order valence-corrected chi connectivity index (χ0v) is 7.95. The Morgan fingerprint density at radius 3 is 2.64 bits per heavy atom. The molecule has 0 aliphatic carbocycles. The van der Waals surface area contributed by atoms with E-state index >= 15 is 0 Å². The van der Waals surface area contributed by atoms with Crippen LogP contribution >= 0.6 is 0 Å². The number of nitrogens with one attached hydrogen (secondary N) is 1. The van der Waals surface area contributed by atoms with Crippen molar-refractivity contribution in [2.45, 2.75) is 19.9 Å². The highest BCUT2D eigenvalue weighted by Crippen LogP contribution is 2.21. The van der Waals surface area contributed by atoms with E-state index < -0.39 is 10.7 Å². The van der Waals surface area contributed by atoms with Crippen molar-refractivity contribution in [1.82, 2.24) is 0 Å². The first-order valence-corrected chi connectivity index (χ1v) is 4.21. The first-order chi connectivity index (χ1) is 6.50. The number of hydrogen-bond donors (Lipinski definition) is 1. The van der Waals surface area contributed by atoms with Gasteiger partial charge in [-0.2, -0.15) is 0 Å². The summed E-state index contributed by atoms with van der Waals surface area (Å²) in [5.74, 6) is -0.482. The van der Waals surface area contributed by atoms with Crippen molar-refractivity contribution >= 4 is 11.4 Å². The van der Waals surface area contributed by atoms with Gasteiger partial charge in [-0.05, 0) is 19.9 Å². The van der Waals surface area contributed by atoms with Crippen LogP contribution in [0.5, 0.6) is 0 Å². The summed E-state index contributed by atoms with van der Waals surface area (Å²) < 4.78 is 13.1. The van der Waals surface area contributed by atoms with Crippen molar-refractivity contribution in [2.24, 2.45) is 0 Å². The predicted octanol–water partition coefficient (Wildman–Crippen LogP) is 2.55. The zero-order chi connectivity index (χ0) is 10.7. The number of anilines is 1. The maximum absolute atomic E-state index is 13.1. The van der Waals surface area contributed by atoms with Crippen LogP contribution in [0.4, 0.5) is 15.8 Å². The minimum Gasteiger partial charge on any atom is -0.380 e. The summed E-state index contributed by atoms with van der Waals surface area (Å²) in [5.41, 5.74) is 0.0451. The third-order valence-corrected chi connectivity index (χ3v) is 1.60. The largest absolute Gasteiger partial charge is 0.380 e. The molecule has 0 amide bonds. The van der Waals surface area contributed by atoms with Crippen LogP contribution in [0.1, 0.15) is 13.8 Å². The van der Waals surface area contributed by atoms with Crippen LogP contribution in [-0.2, 0) is 0 Å². The number of nitrogens with zero attached hydrogens (tertiary/aromatic N) is 1. The molecule has 1 N–H and O–H groups in total. The molecule has 0 aliphatic rings. The highest BCUT2D eigenvalue weighted by atomic mass is 19.1. The van der Waals surface area contributed by atoms with Gasteiger partial charge >= 0.3 is 0 Å². The summed E-state index contributed by atoms with van der Waals surface area (Å²) >= 11 is 0. The van der Waals surface area contributed by atoms with Gasteiger partial charge < -0.3 is 5.32 Å². The molecule has 5 heteroatoms. The van der Waals surface area contributed by atoms with E-state index in [1.807, 2.05) is 13.8 Å². The molecule has 1 aromatic carbocycles. The molecule has 1 rings (SSSR count). The van der Waals surface area contributed by atoms with E-state index in [0.29, 0.717) is 0 Å². The van der Waals surface area contributed by atoms with Crippen molar-refractivity contribution in [2.75, 3.05) is 5.32 Å². The summed E-state index contributed by atoms with van der Waals surface area (Å²) in [6.07, 6.45) is 0. The molecule has 4 nitrogen and oxygen atoms in total. The Hall–Kier alpha value is -1.65. The maximum atomic E-state index is 13.1. The second-order valence-electron chi connectivity index (χ2n) is 3.22. The second kappa shape index (κ2) is 4.04. The summed E-state index contributed by atoms with van der Waals surface area (Å²) in [6.45, 7) is 3.66. The predicted molar refractivity (Wildman–Crippen MR) is 51.8 cm³/mol. The van der Waals surface area contributed by atoms with Crippen LogP contribution < -0.4 is 5.32 Å². The Labute approximate surface area is 80.9 Å². The van der Waals surface area contributed by atoms with Gasteiger partial charge in [-0.25, -0.2) is 4.39 Å². The monoisotopic (exact) mass is 198 g/mol. The minimum atomic E-state index is -0.551. The normalized spacial score (nSPS) is 10.3. The topological polar surface area (TPSA) is 55.2 Å². The van der Waals surface area contributed by atoms with Crippen molar-refractivity contribution in [3.8, 4) is 0 Å². The highest BCUT2D eigenvalue weighted by Gasteiger charge is 2.10. The molecule has 0 heterocycles. The molecule has 0 radical (unpaired) electrons. The fourth-order valence-electron chi connectivity index (χ4n) is 1.05. The van der Waals surface area contributed by atoms with Crippen LogP contribution in [0.25, 0.3) is 0 Å². The van der Waals surface area contributed by atoms with Crippen molar-refractivity contribution in [3.63, 3.8) is 0 Å². The SMILES string of the molecule is CC(C)Nc1cc([N+](=O)[O-])ccc1F. The number of hydrogen-bond acceptors (Lipinski definition) is 3. The van der Waals surface area contributed by atoms with E-state index in [4.69, 9.17) is 0 Å². The van der Waals surface area contributed by atoms with Gasteiger partial charge in [0.05, 0.1) is 10.6 Å². The number of non-ortho nitro benzene ring substituents is 1. The Kier molecular flexibility index (Phi) is 3.01. The standard InChI is InChI=1S/C9H11FN2O2/c1-6(2)11-9-5-7(12(13)14)3-4-8(9)10/h3-6,11H,1-2H3. The number of nitro groups is 1. The fourth-order valence-corrected chi connectivity index (χ4v) is 1.05. The maximum Gasteiger partial charge on any atom is 0.271 e. The summed E-state index contributed by atoms with van der Waals surface area (Å²) in [4.78, 5) is 9.85. The van der Waals surface area contributed by atoms with Crippen LogP contribution in [0, 0.1) is 15.9 Å². The molecular formula is C9H11FN2O2. The quantitative estimate of drug-likeness (QED) is 0.599. The Bertz CT molecular complexity index is 353. The summed E-state index contributed by atoms with van der Waals surface area (Å²) in [5, 5.41) is 13.2. The molecule has 0 fully saturated rings. The third-order valence-electron chi connectivity index (χ3n) is 1.60. The van der Waals surface area contributed by atoms with Crippen LogP contribution in [0.2, 0.25) is 0 Å². The van der Waals surface area contributed by atoms with Gasteiger partial charge in [0.25, 0.3) is 5.69 Å². The van der Waals surface area contributed by atoms with Gasteiger partial charge in [0.1, 0.15) is 5.82 Å². The number of rotatable bonds is 3. The van der Waals surface area contributed by atoms with Gasteiger partial charge in [-0.1, -0.05) is 0 Å². The number of benzene rings is 1. The average molecular weight is 198 g/mol. The summed E-state index contributed by atoms with van der Waals surface area (Å²) in [6, 6.07) is 3.45.